The molecule has 7 nitrogen and oxygen atoms in total. The second-order valence-corrected chi connectivity index (χ2v) is 6.79. The number of nitrogens with zero attached hydrogens (tertiary/aromatic N) is 2. The molecule has 0 radical (unpaired) electrons. The van der Waals surface area contributed by atoms with E-state index in [4.69, 9.17) is 15.2 Å². The van der Waals surface area contributed by atoms with Crippen LogP contribution < -0.4 is 15.4 Å². The van der Waals surface area contributed by atoms with Crippen LogP contribution in [-0.4, -0.2) is 30.0 Å². The number of hydrogen-bond donors (Lipinski definition) is 1. The van der Waals surface area contributed by atoms with Crippen molar-refractivity contribution in [2.75, 3.05) is 23.8 Å². The molecule has 0 aliphatic carbocycles. The zero-order valence-corrected chi connectivity index (χ0v) is 15.4. The first-order valence-corrected chi connectivity index (χ1v) is 8.91. The van der Waals surface area contributed by atoms with Gasteiger partial charge in [0.2, 0.25) is 6.10 Å². The smallest absolute Gasteiger partial charge is 0.326 e. The minimum absolute atomic E-state index is 0.230. The molecule has 2 heterocycles. The van der Waals surface area contributed by atoms with Crippen molar-refractivity contribution in [2.45, 2.75) is 26.4 Å². The number of nitrogens with two attached hydrogens (primary N) is 1. The second kappa shape index (κ2) is 8.07. The summed E-state index contributed by atoms with van der Waals surface area (Å²) in [7, 11) is 0. The standard InChI is InChI=1S/C20H23N3O4/c1-13(2)10-11-26-17(24)12-23-19-15(8-9-16(21)22-19)27-18(20(23)25)14-6-4-3-5-7-14/h3-9,13,18H,10-12H2,1-2H3,(H2,21,22). The topological polar surface area (TPSA) is 94.8 Å². The third kappa shape index (κ3) is 4.36. The number of carbonyl (C=O) groups excluding carboxylic acids is 2. The number of nitrogen functional groups attached to an aromatic ring is 1. The Balaban J connectivity index is 1.85. The summed E-state index contributed by atoms with van der Waals surface area (Å²) < 4.78 is 11.1. The number of carbonyl (C=O) groups is 2. The Morgan fingerprint density at radius 1 is 1.26 bits per heavy atom. The van der Waals surface area contributed by atoms with Crippen molar-refractivity contribution in [1.82, 2.24) is 4.98 Å². The van der Waals surface area contributed by atoms with Gasteiger partial charge in [0.05, 0.1) is 6.61 Å². The van der Waals surface area contributed by atoms with Gasteiger partial charge in [-0.15, -0.1) is 0 Å². The van der Waals surface area contributed by atoms with E-state index in [1.54, 1.807) is 24.3 Å². The van der Waals surface area contributed by atoms with Gasteiger partial charge < -0.3 is 15.2 Å². The van der Waals surface area contributed by atoms with Crippen molar-refractivity contribution in [1.29, 1.82) is 0 Å². The Bertz CT molecular complexity index is 823. The number of aromatic nitrogens is 1. The normalized spacial score (nSPS) is 16.0. The number of fused-ring (bicyclic) bond motifs is 1. The van der Waals surface area contributed by atoms with E-state index in [1.165, 1.54) is 4.90 Å². The maximum Gasteiger partial charge on any atom is 0.326 e. The summed E-state index contributed by atoms with van der Waals surface area (Å²) in [6.07, 6.45) is -0.0930. The molecule has 3 rings (SSSR count). The molecule has 1 aliphatic rings. The Labute approximate surface area is 158 Å². The molecule has 1 atom stereocenters. The van der Waals surface area contributed by atoms with E-state index in [2.05, 4.69) is 4.98 Å². The van der Waals surface area contributed by atoms with Gasteiger partial charge in [-0.1, -0.05) is 44.2 Å². The highest BCUT2D eigenvalue weighted by molar-refractivity contribution is 6.02. The van der Waals surface area contributed by atoms with Gasteiger partial charge in [-0.05, 0) is 24.5 Å². The van der Waals surface area contributed by atoms with Crippen molar-refractivity contribution in [2.24, 2.45) is 5.92 Å². The molecule has 0 saturated heterocycles. The third-order valence-electron chi connectivity index (χ3n) is 4.20. The maximum absolute atomic E-state index is 13.0. The van der Waals surface area contributed by atoms with E-state index in [1.807, 2.05) is 32.0 Å². The van der Waals surface area contributed by atoms with Crippen LogP contribution in [0, 0.1) is 5.92 Å². The van der Waals surface area contributed by atoms with Gasteiger partial charge >= 0.3 is 5.97 Å². The molecule has 1 aromatic carbocycles. The molecule has 2 aromatic rings. The molecule has 0 spiro atoms. The quantitative estimate of drug-likeness (QED) is 0.787. The summed E-state index contributed by atoms with van der Waals surface area (Å²) in [6.45, 7) is 4.17. The minimum atomic E-state index is -0.854. The Hall–Kier alpha value is -3.09. The molecule has 1 unspecified atom stereocenters. The van der Waals surface area contributed by atoms with Crippen molar-refractivity contribution in [3.05, 3.63) is 48.0 Å². The molecule has 0 saturated carbocycles. The number of hydrogen-bond acceptors (Lipinski definition) is 6. The van der Waals surface area contributed by atoms with E-state index >= 15 is 0 Å². The lowest BCUT2D eigenvalue weighted by atomic mass is 10.1. The SMILES string of the molecule is CC(C)CCOC(=O)CN1C(=O)C(c2ccccc2)Oc2ccc(N)nc21. The van der Waals surface area contributed by atoms with Gasteiger partial charge in [0.25, 0.3) is 5.91 Å². The minimum Gasteiger partial charge on any atom is -0.472 e. The Kier molecular flexibility index (Phi) is 5.59. The van der Waals surface area contributed by atoms with Crippen LogP contribution in [0.15, 0.2) is 42.5 Å². The molecule has 2 N–H and O–H groups in total. The molecule has 0 fully saturated rings. The summed E-state index contributed by atoms with van der Waals surface area (Å²) in [5.74, 6) is 0.412. The number of anilines is 2. The molecule has 27 heavy (non-hydrogen) atoms. The van der Waals surface area contributed by atoms with Crippen LogP contribution in [0.25, 0.3) is 0 Å². The zero-order valence-electron chi connectivity index (χ0n) is 15.4. The summed E-state index contributed by atoms with van der Waals surface area (Å²) in [5.41, 5.74) is 6.46. The Morgan fingerprint density at radius 2 is 2.00 bits per heavy atom. The van der Waals surface area contributed by atoms with Crippen LogP contribution in [0.5, 0.6) is 5.75 Å². The second-order valence-electron chi connectivity index (χ2n) is 6.79. The monoisotopic (exact) mass is 369 g/mol. The third-order valence-corrected chi connectivity index (χ3v) is 4.20. The fraction of sp³-hybridized carbons (Fsp3) is 0.350. The Morgan fingerprint density at radius 3 is 2.70 bits per heavy atom. The summed E-state index contributed by atoms with van der Waals surface area (Å²) in [6, 6.07) is 12.4. The molecular formula is C20H23N3O4. The van der Waals surface area contributed by atoms with Gasteiger partial charge in [-0.25, -0.2) is 4.98 Å². The van der Waals surface area contributed by atoms with E-state index in [0.29, 0.717) is 23.8 Å². The average molecular weight is 369 g/mol. The van der Waals surface area contributed by atoms with Crippen molar-refractivity contribution < 1.29 is 19.1 Å². The van der Waals surface area contributed by atoms with Gasteiger partial charge in [-0.3, -0.25) is 14.5 Å². The number of esters is 1. The lowest BCUT2D eigenvalue weighted by molar-refractivity contribution is -0.144. The average Bonchev–Trinajstić information content (AvgIpc) is 2.64. The van der Waals surface area contributed by atoms with Gasteiger partial charge in [0.15, 0.2) is 11.6 Å². The molecule has 1 aliphatic heterocycles. The molecule has 7 heteroatoms. The van der Waals surface area contributed by atoms with Crippen molar-refractivity contribution in [3.8, 4) is 5.75 Å². The van der Waals surface area contributed by atoms with E-state index in [0.717, 1.165) is 6.42 Å². The molecule has 0 bridgehead atoms. The van der Waals surface area contributed by atoms with Crippen LogP contribution in [0.4, 0.5) is 11.6 Å². The first-order valence-electron chi connectivity index (χ1n) is 8.91. The van der Waals surface area contributed by atoms with E-state index < -0.39 is 12.1 Å². The van der Waals surface area contributed by atoms with Crippen LogP contribution in [-0.2, 0) is 14.3 Å². The fourth-order valence-corrected chi connectivity index (χ4v) is 2.73. The van der Waals surface area contributed by atoms with Crippen LogP contribution >= 0.6 is 0 Å². The predicted octanol–water partition coefficient (Wildman–Crippen LogP) is 2.72. The maximum atomic E-state index is 13.0. The summed E-state index contributed by atoms with van der Waals surface area (Å²) in [5, 5.41) is 0. The van der Waals surface area contributed by atoms with Crippen molar-refractivity contribution >= 4 is 23.5 Å². The molecular weight excluding hydrogens is 346 g/mol. The number of amides is 1. The lowest BCUT2D eigenvalue weighted by Crippen LogP contribution is -2.44. The summed E-state index contributed by atoms with van der Waals surface area (Å²) in [4.78, 5) is 30.8. The fourth-order valence-electron chi connectivity index (χ4n) is 2.73. The van der Waals surface area contributed by atoms with Crippen molar-refractivity contribution in [3.63, 3.8) is 0 Å². The largest absolute Gasteiger partial charge is 0.472 e. The van der Waals surface area contributed by atoms with E-state index in [-0.39, 0.29) is 24.1 Å². The molecule has 142 valence electrons. The molecule has 1 amide bonds. The van der Waals surface area contributed by atoms with Crippen LogP contribution in [0.1, 0.15) is 31.9 Å². The number of pyridine rings is 1. The highest BCUT2D eigenvalue weighted by atomic mass is 16.5. The first-order chi connectivity index (χ1) is 13.0. The van der Waals surface area contributed by atoms with E-state index in [9.17, 15) is 9.59 Å². The lowest BCUT2D eigenvalue weighted by Gasteiger charge is -2.33. The highest BCUT2D eigenvalue weighted by Crippen LogP contribution is 2.37. The van der Waals surface area contributed by atoms with Crippen LogP contribution in [0.3, 0.4) is 0 Å². The number of benzene rings is 1. The molecule has 1 aromatic heterocycles. The van der Waals surface area contributed by atoms with Crippen LogP contribution in [0.2, 0.25) is 0 Å². The predicted molar refractivity (Wildman–Crippen MR) is 101 cm³/mol. The zero-order chi connectivity index (χ0) is 19.4. The number of rotatable bonds is 6. The highest BCUT2D eigenvalue weighted by Gasteiger charge is 2.37. The summed E-state index contributed by atoms with van der Waals surface area (Å²) >= 11 is 0. The van der Waals surface area contributed by atoms with Gasteiger partial charge in [0, 0.05) is 5.56 Å². The van der Waals surface area contributed by atoms with Gasteiger partial charge in [0.1, 0.15) is 12.4 Å². The first kappa shape index (κ1) is 18.7. The van der Waals surface area contributed by atoms with Gasteiger partial charge in [-0.2, -0.15) is 0 Å². The number of ether oxygens (including phenoxy) is 2.